The van der Waals surface area contributed by atoms with Crippen molar-refractivity contribution in [1.82, 2.24) is 4.90 Å². The number of rotatable bonds is 2. The van der Waals surface area contributed by atoms with Crippen LogP contribution in [-0.2, 0) is 4.79 Å². The Hall–Kier alpha value is -1.36. The van der Waals surface area contributed by atoms with Gasteiger partial charge in [-0.25, -0.2) is 4.79 Å². The zero-order valence-electron chi connectivity index (χ0n) is 12.5. The Morgan fingerprint density at radius 3 is 2.62 bits per heavy atom. The average Bonchev–Trinajstić information content (AvgIpc) is 2.39. The molecule has 0 saturated carbocycles. The fourth-order valence-corrected chi connectivity index (χ4v) is 3.27. The van der Waals surface area contributed by atoms with E-state index in [9.17, 15) is 14.7 Å². The van der Waals surface area contributed by atoms with E-state index < -0.39 is 17.4 Å². The molecule has 1 atom stereocenters. The van der Waals surface area contributed by atoms with Gasteiger partial charge in [0.1, 0.15) is 6.04 Å². The molecule has 1 saturated heterocycles. The van der Waals surface area contributed by atoms with Crippen LogP contribution in [0.25, 0.3) is 0 Å². The molecule has 1 heterocycles. The van der Waals surface area contributed by atoms with Crippen LogP contribution in [0, 0.1) is 12.3 Å². The summed E-state index contributed by atoms with van der Waals surface area (Å²) in [4.78, 5) is 25.9. The lowest BCUT2D eigenvalue weighted by Crippen LogP contribution is -2.56. The molecule has 5 heteroatoms. The first-order valence-electron chi connectivity index (χ1n) is 7.04. The van der Waals surface area contributed by atoms with Crippen LogP contribution >= 0.6 is 15.9 Å². The highest BCUT2D eigenvalue weighted by atomic mass is 79.9. The number of carboxylic acid groups (broad SMARTS) is 1. The Kier molecular flexibility index (Phi) is 4.42. The number of hydrogen-bond acceptors (Lipinski definition) is 2. The summed E-state index contributed by atoms with van der Waals surface area (Å²) in [6.07, 6.45) is 1.64. The van der Waals surface area contributed by atoms with Gasteiger partial charge in [-0.05, 0) is 48.9 Å². The maximum Gasteiger partial charge on any atom is 0.326 e. The minimum Gasteiger partial charge on any atom is -0.480 e. The van der Waals surface area contributed by atoms with Crippen LogP contribution in [0.3, 0.4) is 0 Å². The Bertz CT molecular complexity index is 583. The molecule has 0 spiro atoms. The number of nitrogens with zero attached hydrogens (tertiary/aromatic N) is 1. The minimum atomic E-state index is -0.929. The van der Waals surface area contributed by atoms with Crippen molar-refractivity contribution in [2.75, 3.05) is 6.54 Å². The molecular weight excluding hydrogens is 334 g/mol. The summed E-state index contributed by atoms with van der Waals surface area (Å²) in [6, 6.07) is 4.59. The number of likely N-dealkylation sites (tertiary alicyclic amines) is 1. The summed E-state index contributed by atoms with van der Waals surface area (Å²) in [6.45, 7) is 6.24. The molecule has 1 aliphatic rings. The number of piperidine rings is 1. The molecule has 1 fully saturated rings. The molecule has 4 nitrogen and oxygen atoms in total. The highest BCUT2D eigenvalue weighted by molar-refractivity contribution is 9.10. The first kappa shape index (κ1) is 16.0. The van der Waals surface area contributed by atoms with Gasteiger partial charge in [0.05, 0.1) is 0 Å². The molecule has 0 bridgehead atoms. The van der Waals surface area contributed by atoms with E-state index in [1.165, 1.54) is 4.90 Å². The monoisotopic (exact) mass is 353 g/mol. The predicted molar refractivity (Wildman–Crippen MR) is 84.4 cm³/mol. The maximum absolute atomic E-state index is 12.7. The van der Waals surface area contributed by atoms with E-state index in [-0.39, 0.29) is 5.91 Å². The molecule has 21 heavy (non-hydrogen) atoms. The molecule has 1 amide bonds. The second-order valence-electron chi connectivity index (χ2n) is 6.30. The first-order valence-corrected chi connectivity index (χ1v) is 7.83. The number of carbonyl (C=O) groups excluding carboxylic acids is 1. The zero-order chi connectivity index (χ0) is 15.8. The first-order chi connectivity index (χ1) is 9.74. The van der Waals surface area contributed by atoms with Gasteiger partial charge in [-0.15, -0.1) is 0 Å². The Morgan fingerprint density at radius 1 is 1.38 bits per heavy atom. The van der Waals surface area contributed by atoms with Crippen molar-refractivity contribution >= 4 is 27.8 Å². The van der Waals surface area contributed by atoms with Crippen LogP contribution in [-0.4, -0.2) is 34.5 Å². The lowest BCUT2D eigenvalue weighted by molar-refractivity contribution is -0.148. The third kappa shape index (κ3) is 3.12. The van der Waals surface area contributed by atoms with Gasteiger partial charge in [-0.3, -0.25) is 4.79 Å². The summed E-state index contributed by atoms with van der Waals surface area (Å²) in [5.74, 6) is -1.13. The molecule has 1 aliphatic heterocycles. The van der Waals surface area contributed by atoms with Gasteiger partial charge in [0, 0.05) is 16.6 Å². The number of amides is 1. The van der Waals surface area contributed by atoms with Crippen molar-refractivity contribution in [3.63, 3.8) is 0 Å². The summed E-state index contributed by atoms with van der Waals surface area (Å²) in [5.41, 5.74) is 1.09. The molecule has 1 aromatic rings. The molecule has 0 aliphatic carbocycles. The highest BCUT2D eigenvalue weighted by Gasteiger charge is 2.44. The number of halogens is 1. The number of benzene rings is 1. The van der Waals surface area contributed by atoms with E-state index in [4.69, 9.17) is 0 Å². The van der Waals surface area contributed by atoms with Crippen LogP contribution in [0.2, 0.25) is 0 Å². The standard InChI is InChI=1S/C16H20BrNO3/c1-10-9-11(5-6-12(10)17)14(19)18-8-4-7-16(2,3)13(18)15(20)21/h5-6,9,13H,4,7-8H2,1-3H3,(H,20,21). The third-order valence-electron chi connectivity index (χ3n) is 4.17. The second kappa shape index (κ2) is 5.79. The summed E-state index contributed by atoms with van der Waals surface area (Å²) >= 11 is 3.41. The van der Waals surface area contributed by atoms with Crippen LogP contribution in [0.4, 0.5) is 0 Å². The van der Waals surface area contributed by atoms with Crippen LogP contribution in [0.5, 0.6) is 0 Å². The van der Waals surface area contributed by atoms with Crippen molar-refractivity contribution in [2.45, 2.75) is 39.7 Å². The third-order valence-corrected chi connectivity index (χ3v) is 5.06. The van der Waals surface area contributed by atoms with Gasteiger partial charge < -0.3 is 10.0 Å². The summed E-state index contributed by atoms with van der Waals surface area (Å²) in [7, 11) is 0. The van der Waals surface area contributed by atoms with E-state index in [0.29, 0.717) is 12.1 Å². The number of carboxylic acids is 1. The van der Waals surface area contributed by atoms with E-state index in [1.54, 1.807) is 12.1 Å². The second-order valence-corrected chi connectivity index (χ2v) is 7.15. The van der Waals surface area contributed by atoms with E-state index in [2.05, 4.69) is 15.9 Å². The average molecular weight is 354 g/mol. The molecule has 0 radical (unpaired) electrons. The molecular formula is C16H20BrNO3. The predicted octanol–water partition coefficient (Wildman–Crippen LogP) is 3.47. The van der Waals surface area contributed by atoms with Gasteiger partial charge in [0.25, 0.3) is 5.91 Å². The quantitative estimate of drug-likeness (QED) is 0.885. The van der Waals surface area contributed by atoms with Crippen molar-refractivity contribution in [1.29, 1.82) is 0 Å². The summed E-state index contributed by atoms with van der Waals surface area (Å²) in [5, 5.41) is 9.54. The highest BCUT2D eigenvalue weighted by Crippen LogP contribution is 2.36. The van der Waals surface area contributed by atoms with Gasteiger partial charge in [-0.2, -0.15) is 0 Å². The van der Waals surface area contributed by atoms with Crippen molar-refractivity contribution in [3.05, 3.63) is 33.8 Å². The number of aryl methyl sites for hydroxylation is 1. The van der Waals surface area contributed by atoms with Gasteiger partial charge in [0.15, 0.2) is 0 Å². The SMILES string of the molecule is Cc1cc(C(=O)N2CCCC(C)(C)C2C(=O)O)ccc1Br. The zero-order valence-corrected chi connectivity index (χ0v) is 14.1. The Morgan fingerprint density at radius 2 is 2.05 bits per heavy atom. The fourth-order valence-electron chi connectivity index (χ4n) is 3.02. The fraction of sp³-hybridized carbons (Fsp3) is 0.500. The Labute approximate surface area is 133 Å². The lowest BCUT2D eigenvalue weighted by Gasteiger charge is -2.44. The van der Waals surface area contributed by atoms with Crippen LogP contribution < -0.4 is 0 Å². The molecule has 1 N–H and O–H groups in total. The molecule has 2 rings (SSSR count). The van der Waals surface area contributed by atoms with Crippen LogP contribution in [0.1, 0.15) is 42.6 Å². The van der Waals surface area contributed by atoms with Crippen molar-refractivity contribution in [2.24, 2.45) is 5.41 Å². The number of aliphatic carboxylic acids is 1. The van der Waals surface area contributed by atoms with Gasteiger partial charge in [-0.1, -0.05) is 29.8 Å². The lowest BCUT2D eigenvalue weighted by atomic mass is 9.76. The number of carbonyl (C=O) groups is 2. The largest absolute Gasteiger partial charge is 0.480 e. The summed E-state index contributed by atoms with van der Waals surface area (Å²) < 4.78 is 0.938. The van der Waals surface area contributed by atoms with E-state index in [0.717, 1.165) is 22.9 Å². The molecule has 1 unspecified atom stereocenters. The van der Waals surface area contributed by atoms with E-state index >= 15 is 0 Å². The Balaban J connectivity index is 2.35. The topological polar surface area (TPSA) is 57.6 Å². The van der Waals surface area contributed by atoms with Crippen molar-refractivity contribution < 1.29 is 14.7 Å². The molecule has 1 aromatic carbocycles. The molecule has 114 valence electrons. The normalized spacial score (nSPS) is 21.1. The number of hydrogen-bond donors (Lipinski definition) is 1. The molecule has 0 aromatic heterocycles. The van der Waals surface area contributed by atoms with Gasteiger partial charge in [0.2, 0.25) is 0 Å². The van der Waals surface area contributed by atoms with Crippen molar-refractivity contribution in [3.8, 4) is 0 Å². The van der Waals surface area contributed by atoms with E-state index in [1.807, 2.05) is 26.8 Å². The smallest absolute Gasteiger partial charge is 0.326 e. The maximum atomic E-state index is 12.7. The van der Waals surface area contributed by atoms with Crippen LogP contribution in [0.15, 0.2) is 22.7 Å². The minimum absolute atomic E-state index is 0.203. The van der Waals surface area contributed by atoms with Gasteiger partial charge >= 0.3 is 5.97 Å².